The first kappa shape index (κ1) is 24.2. The lowest BCUT2D eigenvalue weighted by atomic mass is 10.2. The highest BCUT2D eigenvalue weighted by Crippen LogP contribution is 2.24. The van der Waals surface area contributed by atoms with Crippen molar-refractivity contribution in [1.29, 1.82) is 0 Å². The van der Waals surface area contributed by atoms with Crippen LogP contribution in [0.4, 0.5) is 13.2 Å². The molecule has 1 amide bonds. The van der Waals surface area contributed by atoms with Crippen LogP contribution >= 0.6 is 24.8 Å². The molecule has 1 saturated heterocycles. The fourth-order valence-electron chi connectivity index (χ4n) is 2.83. The van der Waals surface area contributed by atoms with Crippen LogP contribution in [0.5, 0.6) is 0 Å². The zero-order valence-electron chi connectivity index (χ0n) is 14.7. The number of hydrogen-bond acceptors (Lipinski definition) is 5. The van der Waals surface area contributed by atoms with E-state index >= 15 is 0 Å². The number of rotatable bonds is 5. The van der Waals surface area contributed by atoms with E-state index in [1.807, 2.05) is 0 Å². The number of halogens is 5. The summed E-state index contributed by atoms with van der Waals surface area (Å²) < 4.78 is 41.6. The van der Waals surface area contributed by atoms with Gasteiger partial charge in [-0.1, -0.05) is 0 Å². The van der Waals surface area contributed by atoms with Crippen LogP contribution in [0.2, 0.25) is 0 Å². The molecule has 0 aliphatic carbocycles. The average Bonchev–Trinajstić information content (AvgIpc) is 3.16. The van der Waals surface area contributed by atoms with Gasteiger partial charge in [0.05, 0.1) is 5.69 Å². The van der Waals surface area contributed by atoms with Crippen molar-refractivity contribution in [1.82, 2.24) is 30.3 Å². The van der Waals surface area contributed by atoms with Crippen LogP contribution in [-0.2, 0) is 0 Å². The smallest absolute Gasteiger partial charge is 0.349 e. The number of carbonyl (C=O) groups is 1. The summed E-state index contributed by atoms with van der Waals surface area (Å²) in [6.07, 6.45) is 0.279. The van der Waals surface area contributed by atoms with Gasteiger partial charge in [-0.25, -0.2) is 4.68 Å². The van der Waals surface area contributed by atoms with E-state index in [-0.39, 0.29) is 43.6 Å². The Hall–Kier alpha value is -1.88. The summed E-state index contributed by atoms with van der Waals surface area (Å²) in [5, 5.41) is 9.43. The number of aromatic nitrogens is 3. The monoisotopic (exact) mass is 440 g/mol. The van der Waals surface area contributed by atoms with Crippen molar-refractivity contribution in [2.24, 2.45) is 0 Å². The number of nitrogens with zero attached hydrogens (tertiary/aromatic N) is 4. The molecule has 1 aliphatic heterocycles. The lowest BCUT2D eigenvalue weighted by molar-refractivity contribution is -0.183. The second-order valence-electron chi connectivity index (χ2n) is 5.90. The second kappa shape index (κ2) is 10.6. The first-order valence-electron chi connectivity index (χ1n) is 8.21. The summed E-state index contributed by atoms with van der Waals surface area (Å²) in [7, 11) is 0. The van der Waals surface area contributed by atoms with Gasteiger partial charge in [0.2, 0.25) is 0 Å². The second-order valence-corrected chi connectivity index (χ2v) is 5.90. The molecule has 7 nitrogen and oxygen atoms in total. The van der Waals surface area contributed by atoms with Crippen LogP contribution in [0.15, 0.2) is 36.8 Å². The van der Waals surface area contributed by atoms with Crippen LogP contribution in [-0.4, -0.2) is 70.5 Å². The molecule has 1 aliphatic rings. The van der Waals surface area contributed by atoms with Crippen LogP contribution in [0.3, 0.4) is 0 Å². The Morgan fingerprint density at radius 1 is 1.25 bits per heavy atom. The van der Waals surface area contributed by atoms with Crippen molar-refractivity contribution in [3.8, 4) is 5.69 Å². The molecule has 2 aromatic rings. The average molecular weight is 441 g/mol. The maximum atomic E-state index is 13.4. The molecule has 0 bridgehead atoms. The zero-order valence-corrected chi connectivity index (χ0v) is 16.4. The summed E-state index contributed by atoms with van der Waals surface area (Å²) >= 11 is 0. The fraction of sp³-hybridized carbons (Fsp3) is 0.438. The van der Waals surface area contributed by atoms with Gasteiger partial charge in [0.15, 0.2) is 0 Å². The maximum Gasteiger partial charge on any atom is 0.405 e. The molecule has 0 aromatic carbocycles. The Kier molecular flexibility index (Phi) is 9.15. The number of hydrogen-bond donors (Lipinski definition) is 2. The Morgan fingerprint density at radius 2 is 1.96 bits per heavy atom. The minimum absolute atomic E-state index is 0. The van der Waals surface area contributed by atoms with E-state index in [2.05, 4.69) is 20.7 Å². The van der Waals surface area contributed by atoms with Crippen molar-refractivity contribution in [2.45, 2.75) is 12.2 Å². The Balaban J connectivity index is 0.00000196. The Bertz CT molecular complexity index is 738. The summed E-state index contributed by atoms with van der Waals surface area (Å²) in [4.78, 5) is 17.6. The van der Waals surface area contributed by atoms with Gasteiger partial charge < -0.3 is 10.6 Å². The molecular weight excluding hydrogens is 420 g/mol. The third-order valence-electron chi connectivity index (χ3n) is 4.17. The molecule has 1 unspecified atom stereocenters. The summed E-state index contributed by atoms with van der Waals surface area (Å²) in [5.74, 6) is -0.650. The number of pyridine rings is 1. The van der Waals surface area contributed by atoms with Crippen molar-refractivity contribution in [3.63, 3.8) is 0 Å². The highest BCUT2D eigenvalue weighted by atomic mass is 35.5. The SMILES string of the molecule is Cl.Cl.O=C(NCC(N1CCNCC1)C(F)(F)F)c1cc(-n2cccn2)ccn1. The first-order valence-corrected chi connectivity index (χ1v) is 8.21. The molecular formula is C16H21Cl2F3N6O. The molecule has 3 rings (SSSR count). The third-order valence-corrected chi connectivity index (χ3v) is 4.17. The van der Waals surface area contributed by atoms with Gasteiger partial charge in [-0.3, -0.25) is 14.7 Å². The van der Waals surface area contributed by atoms with E-state index in [0.29, 0.717) is 18.8 Å². The Labute approximate surface area is 172 Å². The first-order chi connectivity index (χ1) is 12.4. The maximum absolute atomic E-state index is 13.4. The van der Waals surface area contributed by atoms with Crippen LogP contribution < -0.4 is 10.6 Å². The van der Waals surface area contributed by atoms with Gasteiger partial charge in [-0.15, -0.1) is 24.8 Å². The van der Waals surface area contributed by atoms with Crippen molar-refractivity contribution < 1.29 is 18.0 Å². The third kappa shape index (κ3) is 6.06. The molecule has 0 spiro atoms. The molecule has 1 fully saturated rings. The molecule has 1 atom stereocenters. The van der Waals surface area contributed by atoms with Crippen LogP contribution in [0.25, 0.3) is 5.69 Å². The highest BCUT2D eigenvalue weighted by molar-refractivity contribution is 5.92. The minimum Gasteiger partial charge on any atom is -0.349 e. The van der Waals surface area contributed by atoms with E-state index in [1.165, 1.54) is 21.8 Å². The van der Waals surface area contributed by atoms with Gasteiger partial charge in [-0.05, 0) is 18.2 Å². The fourth-order valence-corrected chi connectivity index (χ4v) is 2.83. The van der Waals surface area contributed by atoms with Gasteiger partial charge in [-0.2, -0.15) is 18.3 Å². The number of alkyl halides is 3. The van der Waals surface area contributed by atoms with Crippen molar-refractivity contribution in [3.05, 3.63) is 42.5 Å². The topological polar surface area (TPSA) is 75.1 Å². The van der Waals surface area contributed by atoms with Crippen molar-refractivity contribution >= 4 is 30.7 Å². The quantitative estimate of drug-likeness (QED) is 0.739. The van der Waals surface area contributed by atoms with E-state index in [1.54, 1.807) is 24.5 Å². The zero-order chi connectivity index (χ0) is 18.6. The van der Waals surface area contributed by atoms with Gasteiger partial charge >= 0.3 is 6.18 Å². The highest BCUT2D eigenvalue weighted by Gasteiger charge is 2.43. The molecule has 12 heteroatoms. The number of carbonyl (C=O) groups excluding carboxylic acids is 1. The van der Waals surface area contributed by atoms with Gasteiger partial charge in [0.1, 0.15) is 11.7 Å². The number of nitrogens with one attached hydrogen (secondary N) is 2. The molecule has 3 heterocycles. The molecule has 2 aromatic heterocycles. The van der Waals surface area contributed by atoms with Crippen LogP contribution in [0.1, 0.15) is 10.5 Å². The summed E-state index contributed by atoms with van der Waals surface area (Å²) in [6.45, 7) is 1.04. The van der Waals surface area contributed by atoms with E-state index in [0.717, 1.165) is 0 Å². The van der Waals surface area contributed by atoms with Gasteiger partial charge in [0, 0.05) is 51.3 Å². The summed E-state index contributed by atoms with van der Waals surface area (Å²) in [6, 6.07) is 3.14. The number of piperazine rings is 1. The summed E-state index contributed by atoms with van der Waals surface area (Å²) in [5.41, 5.74) is 0.642. The lowest BCUT2D eigenvalue weighted by Gasteiger charge is -2.35. The van der Waals surface area contributed by atoms with E-state index < -0.39 is 24.7 Å². The molecule has 2 N–H and O–H groups in total. The normalized spacial score (nSPS) is 15.8. The molecule has 156 valence electrons. The standard InChI is InChI=1S/C16H19F3N6O.2ClH/c17-16(18,19)14(24-8-5-20-6-9-24)11-22-15(26)13-10-12(2-4-21-13)25-7-1-3-23-25;;/h1-4,7,10,14,20H,5-6,8-9,11H2,(H,22,26);2*1H. The van der Waals surface area contributed by atoms with Crippen molar-refractivity contribution in [2.75, 3.05) is 32.7 Å². The molecule has 0 radical (unpaired) electrons. The van der Waals surface area contributed by atoms with Crippen LogP contribution in [0, 0.1) is 0 Å². The predicted octanol–water partition coefficient (Wildman–Crippen LogP) is 1.68. The predicted molar refractivity (Wildman–Crippen MR) is 102 cm³/mol. The largest absolute Gasteiger partial charge is 0.405 e. The minimum atomic E-state index is -4.42. The molecule has 28 heavy (non-hydrogen) atoms. The van der Waals surface area contributed by atoms with E-state index in [4.69, 9.17) is 0 Å². The lowest BCUT2D eigenvalue weighted by Crippen LogP contribution is -2.57. The van der Waals surface area contributed by atoms with E-state index in [9.17, 15) is 18.0 Å². The number of amides is 1. The molecule has 0 saturated carbocycles. The van der Waals surface area contributed by atoms with Gasteiger partial charge in [0.25, 0.3) is 5.91 Å². The Morgan fingerprint density at radius 3 is 2.57 bits per heavy atom.